The van der Waals surface area contributed by atoms with Crippen molar-refractivity contribution >= 4 is 5.83 Å². The average molecular weight is 508 g/mol. The monoisotopic (exact) mass is 508 g/mol. The highest BCUT2D eigenvalue weighted by Crippen LogP contribution is 2.37. The Morgan fingerprint density at radius 1 is 0.806 bits per heavy atom. The fraction of sp³-hybridized carbons (Fsp3) is 0.333. The molecule has 190 valence electrons. The summed E-state index contributed by atoms with van der Waals surface area (Å²) in [4.78, 5) is 8.57. The summed E-state index contributed by atoms with van der Waals surface area (Å²) < 4.78 is 95.7. The van der Waals surface area contributed by atoms with E-state index < -0.39 is 51.9 Å². The Balaban J connectivity index is 1.38. The van der Waals surface area contributed by atoms with Crippen LogP contribution in [0.25, 0.3) is 17.0 Å². The standard InChI is InChI=1S/C27H23F7N2/c1-14(28)25(33)18-10-20(29)24(21(30)11-18)19-12-35-27(36-13-19)17-6-4-15(5-7-17)2-3-16-8-22(31)26(34)23(32)9-16/h8-13,15,17H,2-7H2,1H3. The van der Waals surface area contributed by atoms with Crippen molar-refractivity contribution in [2.45, 2.75) is 51.4 Å². The quantitative estimate of drug-likeness (QED) is 0.247. The minimum Gasteiger partial charge on any atom is -0.240 e. The Morgan fingerprint density at radius 2 is 1.36 bits per heavy atom. The van der Waals surface area contributed by atoms with Crippen molar-refractivity contribution in [1.82, 2.24) is 9.97 Å². The summed E-state index contributed by atoms with van der Waals surface area (Å²) in [5.74, 6) is -7.54. The van der Waals surface area contributed by atoms with Crippen molar-refractivity contribution < 1.29 is 30.7 Å². The zero-order chi connectivity index (χ0) is 26.0. The van der Waals surface area contributed by atoms with Crippen LogP contribution in [0.3, 0.4) is 0 Å². The van der Waals surface area contributed by atoms with Gasteiger partial charge in [0.15, 0.2) is 23.3 Å². The van der Waals surface area contributed by atoms with E-state index >= 15 is 0 Å². The average Bonchev–Trinajstić information content (AvgIpc) is 2.85. The lowest BCUT2D eigenvalue weighted by Crippen LogP contribution is -2.16. The minimum absolute atomic E-state index is 0.0554. The van der Waals surface area contributed by atoms with Crippen LogP contribution < -0.4 is 0 Å². The number of aryl methyl sites for hydroxylation is 1. The summed E-state index contributed by atoms with van der Waals surface area (Å²) in [6.45, 7) is 0.854. The van der Waals surface area contributed by atoms with Crippen LogP contribution >= 0.6 is 0 Å². The first kappa shape index (κ1) is 25.9. The Hall–Kier alpha value is -3.23. The van der Waals surface area contributed by atoms with Gasteiger partial charge in [-0.25, -0.2) is 40.7 Å². The number of nitrogens with zero attached hydrogens (tertiary/aromatic N) is 2. The molecule has 0 atom stereocenters. The lowest BCUT2D eigenvalue weighted by Gasteiger charge is -2.27. The Labute approximate surface area is 203 Å². The van der Waals surface area contributed by atoms with Crippen LogP contribution in [0.5, 0.6) is 0 Å². The molecular formula is C27H23F7N2. The molecule has 36 heavy (non-hydrogen) atoms. The maximum absolute atomic E-state index is 14.5. The van der Waals surface area contributed by atoms with Crippen LogP contribution in [0.4, 0.5) is 30.7 Å². The number of benzene rings is 2. The molecule has 3 aromatic rings. The first-order valence-corrected chi connectivity index (χ1v) is 11.6. The lowest BCUT2D eigenvalue weighted by atomic mass is 9.79. The molecule has 0 bridgehead atoms. The van der Waals surface area contributed by atoms with Gasteiger partial charge < -0.3 is 0 Å². The zero-order valence-corrected chi connectivity index (χ0v) is 19.4. The van der Waals surface area contributed by atoms with E-state index in [4.69, 9.17) is 0 Å². The number of allylic oxidation sites excluding steroid dienone is 1. The van der Waals surface area contributed by atoms with Gasteiger partial charge in [0.05, 0.1) is 5.56 Å². The third kappa shape index (κ3) is 5.60. The van der Waals surface area contributed by atoms with Gasteiger partial charge in [0.1, 0.15) is 23.3 Å². The van der Waals surface area contributed by atoms with Gasteiger partial charge in [0.2, 0.25) is 0 Å². The highest BCUT2D eigenvalue weighted by Gasteiger charge is 2.25. The van der Waals surface area contributed by atoms with Crippen molar-refractivity contribution in [3.8, 4) is 11.1 Å². The molecule has 0 spiro atoms. The molecule has 0 amide bonds. The summed E-state index contributed by atoms with van der Waals surface area (Å²) >= 11 is 0. The van der Waals surface area contributed by atoms with Gasteiger partial charge in [-0.3, -0.25) is 0 Å². The first-order chi connectivity index (χ1) is 17.1. The first-order valence-electron chi connectivity index (χ1n) is 11.6. The molecule has 2 nitrogen and oxygen atoms in total. The molecule has 0 N–H and O–H groups in total. The predicted octanol–water partition coefficient (Wildman–Crippen LogP) is 8.37. The molecule has 1 aromatic heterocycles. The number of halogens is 7. The molecule has 0 radical (unpaired) electrons. The molecule has 0 unspecified atom stereocenters. The predicted molar refractivity (Wildman–Crippen MR) is 122 cm³/mol. The van der Waals surface area contributed by atoms with Gasteiger partial charge in [0, 0.05) is 29.4 Å². The number of aromatic nitrogens is 2. The zero-order valence-electron chi connectivity index (χ0n) is 19.4. The topological polar surface area (TPSA) is 25.8 Å². The number of hydrogen-bond acceptors (Lipinski definition) is 2. The fourth-order valence-electron chi connectivity index (χ4n) is 4.68. The normalized spacial score (nSPS) is 18.8. The summed E-state index contributed by atoms with van der Waals surface area (Å²) in [5, 5.41) is 0. The van der Waals surface area contributed by atoms with E-state index in [1.165, 1.54) is 12.4 Å². The second kappa shape index (κ2) is 10.8. The molecular weight excluding hydrogens is 485 g/mol. The van der Waals surface area contributed by atoms with Crippen LogP contribution in [-0.4, -0.2) is 9.97 Å². The highest BCUT2D eigenvalue weighted by molar-refractivity contribution is 5.68. The van der Waals surface area contributed by atoms with Crippen molar-refractivity contribution in [2.75, 3.05) is 0 Å². The SMILES string of the molecule is CC(F)=C(F)c1cc(F)c(-c2cnc(C3CCC(CCc4cc(F)c(F)c(F)c4)CC3)nc2)c(F)c1. The largest absolute Gasteiger partial charge is 0.240 e. The van der Waals surface area contributed by atoms with Gasteiger partial charge in [-0.1, -0.05) is 0 Å². The van der Waals surface area contributed by atoms with E-state index in [1.54, 1.807) is 0 Å². The Bertz CT molecular complexity index is 1230. The second-order valence-corrected chi connectivity index (χ2v) is 9.12. The van der Waals surface area contributed by atoms with E-state index in [2.05, 4.69) is 9.97 Å². The van der Waals surface area contributed by atoms with E-state index in [-0.39, 0.29) is 11.5 Å². The summed E-state index contributed by atoms with van der Waals surface area (Å²) in [6, 6.07) is 3.49. The smallest absolute Gasteiger partial charge is 0.194 e. The van der Waals surface area contributed by atoms with Crippen molar-refractivity contribution in [3.63, 3.8) is 0 Å². The van der Waals surface area contributed by atoms with Crippen LogP contribution in [0, 0.1) is 35.0 Å². The van der Waals surface area contributed by atoms with E-state index in [0.29, 0.717) is 30.1 Å². The van der Waals surface area contributed by atoms with Crippen LogP contribution in [0.1, 0.15) is 61.9 Å². The Morgan fingerprint density at radius 3 is 1.89 bits per heavy atom. The maximum Gasteiger partial charge on any atom is 0.194 e. The summed E-state index contributed by atoms with van der Waals surface area (Å²) in [6.07, 6.45) is 7.01. The number of hydrogen-bond donors (Lipinski definition) is 0. The molecule has 9 heteroatoms. The van der Waals surface area contributed by atoms with Gasteiger partial charge in [0.25, 0.3) is 0 Å². The van der Waals surface area contributed by atoms with E-state index in [1.807, 2.05) is 0 Å². The van der Waals surface area contributed by atoms with E-state index in [9.17, 15) is 30.7 Å². The second-order valence-electron chi connectivity index (χ2n) is 9.12. The van der Waals surface area contributed by atoms with Crippen molar-refractivity contribution in [2.24, 2.45) is 5.92 Å². The molecule has 2 aromatic carbocycles. The molecule has 0 aliphatic heterocycles. The number of rotatable bonds is 6. The molecule has 0 saturated heterocycles. The van der Waals surface area contributed by atoms with Gasteiger partial charge >= 0.3 is 0 Å². The van der Waals surface area contributed by atoms with E-state index in [0.717, 1.165) is 56.9 Å². The highest BCUT2D eigenvalue weighted by atomic mass is 19.2. The molecule has 1 aliphatic carbocycles. The molecule has 4 rings (SSSR count). The molecule has 1 saturated carbocycles. The Kier molecular flexibility index (Phi) is 7.76. The van der Waals surface area contributed by atoms with Gasteiger partial charge in [-0.2, -0.15) is 0 Å². The fourth-order valence-corrected chi connectivity index (χ4v) is 4.68. The van der Waals surface area contributed by atoms with Crippen molar-refractivity contribution in [1.29, 1.82) is 0 Å². The van der Waals surface area contributed by atoms with Crippen LogP contribution in [-0.2, 0) is 6.42 Å². The molecule has 1 fully saturated rings. The summed E-state index contributed by atoms with van der Waals surface area (Å²) in [5.41, 5.74) is -0.461. The third-order valence-corrected chi connectivity index (χ3v) is 6.66. The van der Waals surface area contributed by atoms with Crippen molar-refractivity contribution in [3.05, 3.63) is 88.5 Å². The van der Waals surface area contributed by atoms with Crippen LogP contribution in [0.15, 0.2) is 42.5 Å². The lowest BCUT2D eigenvalue weighted by molar-refractivity contribution is 0.304. The summed E-state index contributed by atoms with van der Waals surface area (Å²) in [7, 11) is 0. The van der Waals surface area contributed by atoms with Crippen LogP contribution in [0.2, 0.25) is 0 Å². The third-order valence-electron chi connectivity index (χ3n) is 6.66. The van der Waals surface area contributed by atoms with Gasteiger partial charge in [-0.15, -0.1) is 0 Å². The minimum atomic E-state index is -1.47. The van der Waals surface area contributed by atoms with Gasteiger partial charge in [-0.05, 0) is 81.2 Å². The molecule has 1 heterocycles. The maximum atomic E-state index is 14.5. The molecule has 1 aliphatic rings.